The molecule has 0 spiro atoms. The highest BCUT2D eigenvalue weighted by molar-refractivity contribution is 6.46. The van der Waals surface area contributed by atoms with Gasteiger partial charge in [-0.15, -0.1) is 0 Å². The molecule has 1 aliphatic heterocycles. The zero-order valence-electron chi connectivity index (χ0n) is 17.8. The standard InChI is InChI=1S/C25H23NO6/c1-3-31-19-10-5-8-17(14-19)23(27)21-22(20-11-6-12-32-20)26(25(29)24(21)28)15-16-7-4-9-18(13-16)30-2/h4-14,22,27H,3,15H2,1-2H3/b23-21-. The predicted octanol–water partition coefficient (Wildman–Crippen LogP) is 4.31. The Labute approximate surface area is 185 Å². The second-order valence-electron chi connectivity index (χ2n) is 7.25. The number of ketones is 1. The molecule has 1 N–H and O–H groups in total. The van der Waals surface area contributed by atoms with Crippen LogP contribution in [0.2, 0.25) is 0 Å². The van der Waals surface area contributed by atoms with Gasteiger partial charge in [-0.1, -0.05) is 24.3 Å². The summed E-state index contributed by atoms with van der Waals surface area (Å²) in [4.78, 5) is 27.5. The van der Waals surface area contributed by atoms with Gasteiger partial charge in [0.15, 0.2) is 0 Å². The maximum absolute atomic E-state index is 13.1. The fraction of sp³-hybridized carbons (Fsp3) is 0.200. The number of hydrogen-bond acceptors (Lipinski definition) is 6. The first-order valence-corrected chi connectivity index (χ1v) is 10.2. The lowest BCUT2D eigenvalue weighted by molar-refractivity contribution is -0.140. The Morgan fingerprint density at radius 3 is 2.56 bits per heavy atom. The number of benzene rings is 2. The van der Waals surface area contributed by atoms with E-state index in [9.17, 15) is 14.7 Å². The number of likely N-dealkylation sites (tertiary alicyclic amines) is 1. The van der Waals surface area contributed by atoms with Gasteiger partial charge in [0.05, 0.1) is 25.6 Å². The minimum Gasteiger partial charge on any atom is -0.507 e. The van der Waals surface area contributed by atoms with E-state index in [0.717, 1.165) is 5.56 Å². The van der Waals surface area contributed by atoms with Gasteiger partial charge in [0.25, 0.3) is 11.7 Å². The number of rotatable bonds is 7. The van der Waals surface area contributed by atoms with E-state index in [1.165, 1.54) is 11.2 Å². The van der Waals surface area contributed by atoms with Crippen LogP contribution in [0.5, 0.6) is 11.5 Å². The van der Waals surface area contributed by atoms with Crippen LogP contribution in [0.25, 0.3) is 5.76 Å². The van der Waals surface area contributed by atoms with E-state index in [1.807, 2.05) is 19.1 Å². The highest BCUT2D eigenvalue weighted by atomic mass is 16.5. The van der Waals surface area contributed by atoms with E-state index in [2.05, 4.69) is 0 Å². The number of Topliss-reactive ketones (excluding diaryl/α,β-unsaturated/α-hetero) is 1. The fourth-order valence-corrected chi connectivity index (χ4v) is 3.81. The molecule has 0 saturated carbocycles. The molecule has 1 aromatic heterocycles. The van der Waals surface area contributed by atoms with Crippen molar-refractivity contribution in [3.05, 3.63) is 89.4 Å². The van der Waals surface area contributed by atoms with E-state index < -0.39 is 17.7 Å². The average Bonchev–Trinajstić information content (AvgIpc) is 3.42. The van der Waals surface area contributed by atoms with E-state index in [4.69, 9.17) is 13.9 Å². The van der Waals surface area contributed by atoms with Gasteiger partial charge in [-0.2, -0.15) is 0 Å². The number of ether oxygens (including phenoxy) is 2. The summed E-state index contributed by atoms with van der Waals surface area (Å²) in [6.07, 6.45) is 1.47. The Morgan fingerprint density at radius 1 is 1.06 bits per heavy atom. The van der Waals surface area contributed by atoms with Crippen molar-refractivity contribution < 1.29 is 28.6 Å². The van der Waals surface area contributed by atoms with Crippen LogP contribution >= 0.6 is 0 Å². The Kier molecular flexibility index (Phi) is 5.98. The van der Waals surface area contributed by atoms with Gasteiger partial charge >= 0.3 is 0 Å². The van der Waals surface area contributed by atoms with Crippen LogP contribution in [-0.4, -0.2) is 35.4 Å². The lowest BCUT2D eigenvalue weighted by atomic mass is 9.99. The van der Waals surface area contributed by atoms with Crippen LogP contribution in [-0.2, 0) is 16.1 Å². The van der Waals surface area contributed by atoms with Crippen molar-refractivity contribution in [2.24, 2.45) is 0 Å². The van der Waals surface area contributed by atoms with Gasteiger partial charge in [0.2, 0.25) is 0 Å². The number of aliphatic hydroxyl groups excluding tert-OH is 1. The summed E-state index contributed by atoms with van der Waals surface area (Å²) in [6.45, 7) is 2.46. The zero-order chi connectivity index (χ0) is 22.7. The van der Waals surface area contributed by atoms with Gasteiger partial charge in [-0.05, 0) is 48.9 Å². The molecule has 1 unspecified atom stereocenters. The maximum atomic E-state index is 13.1. The number of furan rings is 1. The van der Waals surface area contributed by atoms with Gasteiger partial charge in [0, 0.05) is 12.1 Å². The molecular weight excluding hydrogens is 410 g/mol. The first kappa shape index (κ1) is 21.2. The van der Waals surface area contributed by atoms with Crippen molar-refractivity contribution in [2.75, 3.05) is 13.7 Å². The van der Waals surface area contributed by atoms with Gasteiger partial charge in [-0.25, -0.2) is 0 Å². The first-order valence-electron chi connectivity index (χ1n) is 10.2. The quantitative estimate of drug-likeness (QED) is 0.339. The van der Waals surface area contributed by atoms with E-state index in [1.54, 1.807) is 55.6 Å². The summed E-state index contributed by atoms with van der Waals surface area (Å²) in [5.74, 6) is -0.183. The van der Waals surface area contributed by atoms with Gasteiger partial charge in [-0.3, -0.25) is 9.59 Å². The minimum absolute atomic E-state index is 0.0264. The number of amides is 1. The smallest absolute Gasteiger partial charge is 0.296 e. The van der Waals surface area contributed by atoms with Crippen molar-refractivity contribution in [3.63, 3.8) is 0 Å². The van der Waals surface area contributed by atoms with E-state index in [-0.39, 0.29) is 17.9 Å². The van der Waals surface area contributed by atoms with Gasteiger partial charge in [0.1, 0.15) is 29.1 Å². The molecular formula is C25H23NO6. The molecule has 2 heterocycles. The van der Waals surface area contributed by atoms with Gasteiger partial charge < -0.3 is 23.9 Å². The highest BCUT2D eigenvalue weighted by Crippen LogP contribution is 2.40. The van der Waals surface area contributed by atoms with Crippen molar-refractivity contribution >= 4 is 17.4 Å². The molecule has 1 amide bonds. The third kappa shape index (κ3) is 3.97. The van der Waals surface area contributed by atoms with Crippen molar-refractivity contribution in [1.29, 1.82) is 0 Å². The topological polar surface area (TPSA) is 89.2 Å². The molecule has 0 bridgehead atoms. The van der Waals surface area contributed by atoms with Crippen LogP contribution in [0.4, 0.5) is 0 Å². The van der Waals surface area contributed by atoms with Crippen LogP contribution in [0.3, 0.4) is 0 Å². The third-order valence-corrected chi connectivity index (χ3v) is 5.26. The largest absolute Gasteiger partial charge is 0.507 e. The molecule has 1 atom stereocenters. The fourth-order valence-electron chi connectivity index (χ4n) is 3.81. The molecule has 7 heteroatoms. The predicted molar refractivity (Wildman–Crippen MR) is 117 cm³/mol. The molecule has 2 aromatic carbocycles. The van der Waals surface area contributed by atoms with Crippen LogP contribution < -0.4 is 9.47 Å². The molecule has 7 nitrogen and oxygen atoms in total. The molecule has 32 heavy (non-hydrogen) atoms. The second kappa shape index (κ2) is 9.01. The highest BCUT2D eigenvalue weighted by Gasteiger charge is 2.47. The third-order valence-electron chi connectivity index (χ3n) is 5.26. The van der Waals surface area contributed by atoms with Crippen LogP contribution in [0.15, 0.2) is 76.9 Å². The number of aliphatic hydroxyl groups is 1. The lowest BCUT2D eigenvalue weighted by Crippen LogP contribution is -2.29. The summed E-state index contributed by atoms with van der Waals surface area (Å²) >= 11 is 0. The number of methoxy groups -OCH3 is 1. The number of carbonyl (C=O) groups is 2. The summed E-state index contributed by atoms with van der Waals surface area (Å²) in [5, 5.41) is 11.1. The van der Waals surface area contributed by atoms with Crippen molar-refractivity contribution in [1.82, 2.24) is 4.90 Å². The molecule has 0 radical (unpaired) electrons. The lowest BCUT2D eigenvalue weighted by Gasteiger charge is -2.23. The number of hydrogen-bond donors (Lipinski definition) is 1. The molecule has 1 aliphatic rings. The monoisotopic (exact) mass is 433 g/mol. The van der Waals surface area contributed by atoms with E-state index >= 15 is 0 Å². The summed E-state index contributed by atoms with van der Waals surface area (Å²) in [6, 6.07) is 16.5. The number of carbonyl (C=O) groups excluding carboxylic acids is 2. The normalized spacial score (nSPS) is 17.6. The number of nitrogens with zero attached hydrogens (tertiary/aromatic N) is 1. The molecule has 4 rings (SSSR count). The summed E-state index contributed by atoms with van der Waals surface area (Å²) in [7, 11) is 1.56. The second-order valence-corrected chi connectivity index (χ2v) is 7.25. The van der Waals surface area contributed by atoms with Crippen molar-refractivity contribution in [3.8, 4) is 11.5 Å². The average molecular weight is 433 g/mol. The Hall–Kier alpha value is -4.00. The Balaban J connectivity index is 1.79. The minimum atomic E-state index is -0.869. The van der Waals surface area contributed by atoms with Crippen LogP contribution in [0.1, 0.15) is 29.9 Å². The SMILES string of the molecule is CCOc1cccc(/C(O)=C2/C(=O)C(=O)N(Cc3cccc(OC)c3)C2c2ccco2)c1. The molecule has 3 aromatic rings. The summed E-state index contributed by atoms with van der Waals surface area (Å²) in [5.41, 5.74) is 1.13. The zero-order valence-corrected chi connectivity index (χ0v) is 17.8. The molecule has 1 fully saturated rings. The first-order chi connectivity index (χ1) is 15.5. The van der Waals surface area contributed by atoms with E-state index in [0.29, 0.717) is 29.4 Å². The summed E-state index contributed by atoms with van der Waals surface area (Å²) < 4.78 is 16.3. The maximum Gasteiger partial charge on any atom is 0.296 e. The Bertz CT molecular complexity index is 1160. The molecule has 164 valence electrons. The van der Waals surface area contributed by atoms with Crippen LogP contribution in [0, 0.1) is 0 Å². The molecule has 0 aliphatic carbocycles. The van der Waals surface area contributed by atoms with Crippen molar-refractivity contribution in [2.45, 2.75) is 19.5 Å². The molecule has 1 saturated heterocycles. The Morgan fingerprint density at radius 2 is 1.84 bits per heavy atom.